The first-order valence-corrected chi connectivity index (χ1v) is 7.68. The fourth-order valence-electron chi connectivity index (χ4n) is 2.62. The molecule has 0 unspecified atom stereocenters. The van der Waals surface area contributed by atoms with Crippen LogP contribution in [0, 0.1) is 0 Å². The number of ether oxygens (including phenoxy) is 3. The van der Waals surface area contributed by atoms with Crippen LogP contribution in [0.1, 0.15) is 6.92 Å². The lowest BCUT2D eigenvalue weighted by molar-refractivity contribution is -0.317. The van der Waals surface area contributed by atoms with E-state index in [-0.39, 0.29) is 5.70 Å². The molecular weight excluding hydrogens is 342 g/mol. The Balaban J connectivity index is 2.19. The van der Waals surface area contributed by atoms with Crippen molar-refractivity contribution in [1.82, 2.24) is 5.32 Å². The lowest BCUT2D eigenvalue weighted by Gasteiger charge is -2.42. The topological polar surface area (TPSA) is 178 Å². The highest BCUT2D eigenvalue weighted by molar-refractivity contribution is 5.75. The molecule has 0 saturated carbocycles. The first kappa shape index (κ1) is 20.0. The summed E-state index contributed by atoms with van der Waals surface area (Å²) in [6.45, 7) is 0.0324. The van der Waals surface area contributed by atoms with Crippen LogP contribution in [-0.2, 0) is 19.0 Å². The molecule has 0 radical (unpaired) electrons. The zero-order valence-corrected chi connectivity index (χ0v) is 13.4. The average Bonchev–Trinajstić information content (AvgIpc) is 2.57. The SMILES string of the molecule is CC(=O)NC1=CO[C@H](CO)[C@@H](O)[C@@H]1O[C@@H]1O[C@H](CO)[C@H](O)[C@H](O)[C@H]1O. The summed E-state index contributed by atoms with van der Waals surface area (Å²) < 4.78 is 15.8. The first-order valence-electron chi connectivity index (χ1n) is 7.68. The third kappa shape index (κ3) is 4.27. The van der Waals surface area contributed by atoms with Crippen molar-refractivity contribution in [2.24, 2.45) is 0 Å². The van der Waals surface area contributed by atoms with E-state index in [1.165, 1.54) is 6.92 Å². The number of nitrogens with one attached hydrogen (secondary N) is 1. The van der Waals surface area contributed by atoms with E-state index in [2.05, 4.69) is 5.32 Å². The molecule has 25 heavy (non-hydrogen) atoms. The summed E-state index contributed by atoms with van der Waals surface area (Å²) in [6, 6.07) is 0. The molecule has 2 rings (SSSR count). The van der Waals surface area contributed by atoms with E-state index in [9.17, 15) is 35.4 Å². The van der Waals surface area contributed by atoms with Gasteiger partial charge in [0, 0.05) is 6.92 Å². The fourth-order valence-corrected chi connectivity index (χ4v) is 2.62. The summed E-state index contributed by atoms with van der Waals surface area (Å²) in [7, 11) is 0. The molecule has 1 saturated heterocycles. The third-order valence-electron chi connectivity index (χ3n) is 4.00. The Labute approximate surface area is 143 Å². The van der Waals surface area contributed by atoms with Gasteiger partial charge in [0.1, 0.15) is 49.0 Å². The Bertz CT molecular complexity index is 498. The van der Waals surface area contributed by atoms with Gasteiger partial charge in [0.15, 0.2) is 6.29 Å². The summed E-state index contributed by atoms with van der Waals surface area (Å²) in [5.74, 6) is -0.480. The molecule has 0 aromatic rings. The molecule has 2 heterocycles. The van der Waals surface area contributed by atoms with Crippen molar-refractivity contribution >= 4 is 5.91 Å². The van der Waals surface area contributed by atoms with Gasteiger partial charge in [-0.1, -0.05) is 0 Å². The normalized spacial score (nSPS) is 41.6. The first-order chi connectivity index (χ1) is 11.8. The number of amides is 1. The Morgan fingerprint density at radius 3 is 2.28 bits per heavy atom. The summed E-state index contributed by atoms with van der Waals surface area (Å²) >= 11 is 0. The number of carbonyl (C=O) groups is 1. The highest BCUT2D eigenvalue weighted by Crippen LogP contribution is 2.27. The van der Waals surface area contributed by atoms with Crippen molar-refractivity contribution < 1.29 is 49.6 Å². The molecule has 1 fully saturated rings. The summed E-state index contributed by atoms with van der Waals surface area (Å²) in [4.78, 5) is 11.3. The van der Waals surface area contributed by atoms with Gasteiger partial charge in [-0.3, -0.25) is 4.79 Å². The number of aliphatic hydroxyl groups excluding tert-OH is 6. The van der Waals surface area contributed by atoms with Crippen LogP contribution < -0.4 is 5.32 Å². The maximum Gasteiger partial charge on any atom is 0.221 e. The van der Waals surface area contributed by atoms with Gasteiger partial charge in [-0.15, -0.1) is 0 Å². The molecule has 2 aliphatic heterocycles. The zero-order valence-electron chi connectivity index (χ0n) is 13.4. The maximum atomic E-state index is 11.3. The van der Waals surface area contributed by atoms with Crippen LogP contribution in [0.3, 0.4) is 0 Å². The minimum Gasteiger partial charge on any atom is -0.491 e. The van der Waals surface area contributed by atoms with Crippen molar-refractivity contribution in [1.29, 1.82) is 0 Å². The molecule has 8 atom stereocenters. The van der Waals surface area contributed by atoms with Crippen molar-refractivity contribution in [3.05, 3.63) is 12.0 Å². The second-order valence-electron chi connectivity index (χ2n) is 5.86. The standard InChI is InChI=1S/C14H23NO10/c1-5(18)15-6-4-23-7(2-16)10(20)13(6)25-14-12(22)11(21)9(19)8(3-17)24-14/h4,7-14,16-17,19-22H,2-3H2,1H3,(H,15,18)/t7-,8-,9+,10-,11+,12-,13-,14+/m1/s1. The molecule has 0 aliphatic carbocycles. The second kappa shape index (κ2) is 8.38. The summed E-state index contributed by atoms with van der Waals surface area (Å²) in [5.41, 5.74) is 0.0154. The molecule has 0 aromatic carbocycles. The maximum absolute atomic E-state index is 11.3. The zero-order chi connectivity index (χ0) is 18.7. The molecule has 2 aliphatic rings. The van der Waals surface area contributed by atoms with Gasteiger partial charge >= 0.3 is 0 Å². The van der Waals surface area contributed by atoms with Crippen molar-refractivity contribution in [2.75, 3.05) is 13.2 Å². The van der Waals surface area contributed by atoms with Crippen LogP contribution >= 0.6 is 0 Å². The lowest BCUT2D eigenvalue weighted by Crippen LogP contribution is -2.61. The van der Waals surface area contributed by atoms with E-state index < -0.39 is 68.1 Å². The largest absolute Gasteiger partial charge is 0.491 e. The van der Waals surface area contributed by atoms with Crippen molar-refractivity contribution in [3.63, 3.8) is 0 Å². The number of hydrogen-bond acceptors (Lipinski definition) is 10. The molecule has 0 bridgehead atoms. The highest BCUT2D eigenvalue weighted by atomic mass is 16.7. The molecule has 1 amide bonds. The van der Waals surface area contributed by atoms with Crippen LogP contribution in [0.15, 0.2) is 12.0 Å². The van der Waals surface area contributed by atoms with E-state index in [1.54, 1.807) is 0 Å². The van der Waals surface area contributed by atoms with Crippen LogP contribution in [0.4, 0.5) is 0 Å². The fraction of sp³-hybridized carbons (Fsp3) is 0.786. The van der Waals surface area contributed by atoms with E-state index in [1.807, 2.05) is 0 Å². The smallest absolute Gasteiger partial charge is 0.221 e. The second-order valence-corrected chi connectivity index (χ2v) is 5.86. The van der Waals surface area contributed by atoms with Gasteiger partial charge in [0.25, 0.3) is 0 Å². The quantitative estimate of drug-likeness (QED) is 0.253. The van der Waals surface area contributed by atoms with Gasteiger partial charge in [-0.05, 0) is 0 Å². The molecular formula is C14H23NO10. The number of carbonyl (C=O) groups excluding carboxylic acids is 1. The minimum absolute atomic E-state index is 0.0154. The number of hydrogen-bond donors (Lipinski definition) is 7. The van der Waals surface area contributed by atoms with Gasteiger partial charge in [0.05, 0.1) is 18.9 Å². The van der Waals surface area contributed by atoms with Gasteiger partial charge in [-0.2, -0.15) is 0 Å². The summed E-state index contributed by atoms with van der Waals surface area (Å²) in [5, 5.41) is 60.6. The predicted octanol–water partition coefficient (Wildman–Crippen LogP) is -4.10. The van der Waals surface area contributed by atoms with E-state index in [4.69, 9.17) is 14.2 Å². The molecule has 0 spiro atoms. The van der Waals surface area contributed by atoms with Gasteiger partial charge in [0.2, 0.25) is 5.91 Å². The molecule has 11 nitrogen and oxygen atoms in total. The third-order valence-corrected chi connectivity index (χ3v) is 4.00. The monoisotopic (exact) mass is 365 g/mol. The summed E-state index contributed by atoms with van der Waals surface area (Å²) in [6.07, 6.45) is -10.3. The van der Waals surface area contributed by atoms with Crippen LogP contribution in [0.2, 0.25) is 0 Å². The van der Waals surface area contributed by atoms with Crippen LogP contribution in [0.25, 0.3) is 0 Å². The Hall–Kier alpha value is -1.31. The Kier molecular flexibility index (Phi) is 6.71. The van der Waals surface area contributed by atoms with E-state index in [0.29, 0.717) is 0 Å². The average molecular weight is 365 g/mol. The molecule has 0 aromatic heterocycles. The van der Waals surface area contributed by atoms with E-state index >= 15 is 0 Å². The Morgan fingerprint density at radius 2 is 1.72 bits per heavy atom. The molecule has 7 N–H and O–H groups in total. The van der Waals surface area contributed by atoms with Crippen LogP contribution in [-0.4, -0.2) is 98.8 Å². The number of rotatable bonds is 5. The predicted molar refractivity (Wildman–Crippen MR) is 78.5 cm³/mol. The molecule has 11 heteroatoms. The van der Waals surface area contributed by atoms with Gasteiger partial charge < -0.3 is 50.2 Å². The Morgan fingerprint density at radius 1 is 1.08 bits per heavy atom. The van der Waals surface area contributed by atoms with Crippen molar-refractivity contribution in [2.45, 2.75) is 55.9 Å². The van der Waals surface area contributed by atoms with E-state index in [0.717, 1.165) is 6.26 Å². The van der Waals surface area contributed by atoms with Crippen molar-refractivity contribution in [3.8, 4) is 0 Å². The lowest BCUT2D eigenvalue weighted by atomic mass is 9.98. The van der Waals surface area contributed by atoms with Crippen LogP contribution in [0.5, 0.6) is 0 Å². The number of aliphatic hydroxyl groups is 6. The highest BCUT2D eigenvalue weighted by Gasteiger charge is 2.47. The molecule has 144 valence electrons. The van der Waals surface area contributed by atoms with Gasteiger partial charge in [-0.25, -0.2) is 0 Å². The minimum atomic E-state index is -1.68.